The van der Waals surface area contributed by atoms with E-state index in [0.717, 1.165) is 36.0 Å². The zero-order valence-corrected chi connectivity index (χ0v) is 20.1. The molecule has 0 saturated heterocycles. The van der Waals surface area contributed by atoms with E-state index in [2.05, 4.69) is 36.4 Å². The van der Waals surface area contributed by atoms with Crippen LogP contribution in [0.25, 0.3) is 0 Å². The molecule has 0 fully saturated rings. The Morgan fingerprint density at radius 3 is 1.44 bits per heavy atom. The number of amides is 2. The molecule has 4 aromatic rings. The molecule has 0 unspecified atom stereocenters. The second-order valence-corrected chi connectivity index (χ2v) is 8.92. The average molecular weight is 473 g/mol. The number of hydrogen-bond acceptors (Lipinski definition) is 3. The van der Waals surface area contributed by atoms with E-state index in [1.54, 1.807) is 24.3 Å². The maximum atomic E-state index is 12.6. The lowest BCUT2D eigenvalue weighted by atomic mass is 9.77. The molecule has 0 radical (unpaired) electrons. The molecule has 4 heteroatoms. The molecule has 0 bridgehead atoms. The summed E-state index contributed by atoms with van der Waals surface area (Å²) >= 11 is 0. The van der Waals surface area contributed by atoms with E-state index >= 15 is 0 Å². The number of aliphatic imine (C=N–C) groups is 1. The summed E-state index contributed by atoms with van der Waals surface area (Å²) in [6, 6.07) is 38.1. The number of carbonyl (C=O) groups excluding carboxylic acids is 2. The van der Waals surface area contributed by atoms with Crippen molar-refractivity contribution in [3.63, 3.8) is 0 Å². The molecular weight excluding hydrogens is 444 g/mol. The first-order valence-corrected chi connectivity index (χ1v) is 12.4. The first-order valence-electron chi connectivity index (χ1n) is 12.4. The molecule has 0 saturated carbocycles. The van der Waals surface area contributed by atoms with Gasteiger partial charge in [-0.2, -0.15) is 0 Å². The minimum absolute atomic E-state index is 0.194. The van der Waals surface area contributed by atoms with Crippen LogP contribution in [0.15, 0.2) is 120 Å². The van der Waals surface area contributed by atoms with Gasteiger partial charge in [-0.15, -0.1) is 0 Å². The molecule has 0 atom stereocenters. The quantitative estimate of drug-likeness (QED) is 0.121. The van der Waals surface area contributed by atoms with Crippen LogP contribution < -0.4 is 0 Å². The minimum atomic E-state index is -0.660. The number of unbranched alkanes of at least 4 members (excludes halogenated alkanes) is 2. The molecule has 1 heterocycles. The highest BCUT2D eigenvalue weighted by Crippen LogP contribution is 2.40. The average Bonchev–Trinajstić information content (AvgIpc) is 3.19. The lowest BCUT2D eigenvalue weighted by Crippen LogP contribution is -2.30. The van der Waals surface area contributed by atoms with Crippen molar-refractivity contribution in [3.8, 4) is 0 Å². The van der Waals surface area contributed by atoms with Crippen LogP contribution in [0, 0.1) is 0 Å². The summed E-state index contributed by atoms with van der Waals surface area (Å²) in [6.07, 6.45) is 4.30. The van der Waals surface area contributed by atoms with E-state index in [9.17, 15) is 9.59 Å². The van der Waals surface area contributed by atoms with Gasteiger partial charge in [0.2, 0.25) is 0 Å². The fourth-order valence-corrected chi connectivity index (χ4v) is 4.91. The molecule has 1 aliphatic rings. The SMILES string of the molecule is O=C1c2ccccc2C(=O)N1CCCCC=NC(c1ccccc1)(c1ccccc1)c1ccccc1. The summed E-state index contributed by atoms with van der Waals surface area (Å²) in [6.45, 7) is 0.418. The third-order valence-electron chi connectivity index (χ3n) is 6.70. The molecule has 0 aromatic heterocycles. The van der Waals surface area contributed by atoms with Crippen LogP contribution in [-0.2, 0) is 5.54 Å². The summed E-state index contributed by atoms with van der Waals surface area (Å²) < 4.78 is 0. The van der Waals surface area contributed by atoms with Gasteiger partial charge in [-0.3, -0.25) is 19.5 Å². The third kappa shape index (κ3) is 4.38. The van der Waals surface area contributed by atoms with Crippen molar-refractivity contribution in [1.29, 1.82) is 0 Å². The van der Waals surface area contributed by atoms with Gasteiger partial charge in [0.05, 0.1) is 11.1 Å². The van der Waals surface area contributed by atoms with E-state index in [4.69, 9.17) is 4.99 Å². The second kappa shape index (κ2) is 10.5. The Bertz CT molecular complexity index is 1230. The lowest BCUT2D eigenvalue weighted by Gasteiger charge is -2.32. The number of carbonyl (C=O) groups is 2. The van der Waals surface area contributed by atoms with Gasteiger partial charge in [0.15, 0.2) is 0 Å². The highest BCUT2D eigenvalue weighted by atomic mass is 16.2. The fraction of sp³-hybridized carbons (Fsp3) is 0.156. The molecule has 0 N–H and O–H groups in total. The van der Waals surface area contributed by atoms with Gasteiger partial charge in [-0.05, 0) is 48.1 Å². The lowest BCUT2D eigenvalue weighted by molar-refractivity contribution is 0.0652. The number of rotatable bonds is 9. The van der Waals surface area contributed by atoms with Gasteiger partial charge in [0, 0.05) is 12.8 Å². The predicted molar refractivity (Wildman–Crippen MR) is 143 cm³/mol. The zero-order chi connectivity index (χ0) is 24.8. The molecular formula is C32H28N2O2. The summed E-state index contributed by atoms with van der Waals surface area (Å²) in [5, 5.41) is 0. The third-order valence-corrected chi connectivity index (χ3v) is 6.70. The zero-order valence-electron chi connectivity index (χ0n) is 20.1. The topological polar surface area (TPSA) is 49.7 Å². The number of nitrogens with zero attached hydrogens (tertiary/aromatic N) is 2. The van der Waals surface area contributed by atoms with Crippen molar-refractivity contribution in [2.45, 2.75) is 24.8 Å². The van der Waals surface area contributed by atoms with Gasteiger partial charge in [0.25, 0.3) is 11.8 Å². The molecule has 5 rings (SSSR count). The first kappa shape index (κ1) is 23.4. The van der Waals surface area contributed by atoms with Crippen LogP contribution in [0.1, 0.15) is 56.7 Å². The predicted octanol–water partition coefficient (Wildman–Crippen LogP) is 6.52. The maximum Gasteiger partial charge on any atom is 0.261 e. The molecule has 36 heavy (non-hydrogen) atoms. The van der Waals surface area contributed by atoms with Crippen molar-refractivity contribution < 1.29 is 9.59 Å². The Morgan fingerprint density at radius 2 is 1.00 bits per heavy atom. The molecule has 0 spiro atoms. The van der Waals surface area contributed by atoms with Crippen LogP contribution in [0.4, 0.5) is 0 Å². The highest BCUT2D eigenvalue weighted by molar-refractivity contribution is 6.21. The van der Waals surface area contributed by atoms with Crippen LogP contribution >= 0.6 is 0 Å². The first-order chi connectivity index (χ1) is 17.7. The van der Waals surface area contributed by atoms with Crippen molar-refractivity contribution in [2.75, 3.05) is 6.54 Å². The molecule has 178 valence electrons. The summed E-state index contributed by atoms with van der Waals surface area (Å²) in [5.74, 6) is -0.388. The van der Waals surface area contributed by atoms with Crippen LogP contribution in [0.3, 0.4) is 0 Å². The van der Waals surface area contributed by atoms with Crippen molar-refractivity contribution >= 4 is 18.0 Å². The normalized spacial score (nSPS) is 13.4. The van der Waals surface area contributed by atoms with E-state index in [1.165, 1.54) is 4.90 Å². The summed E-state index contributed by atoms with van der Waals surface area (Å²) in [5.41, 5.74) is 3.65. The molecule has 2 amide bonds. The van der Waals surface area contributed by atoms with E-state index in [-0.39, 0.29) is 11.8 Å². The molecule has 0 aliphatic carbocycles. The maximum absolute atomic E-state index is 12.6. The minimum Gasteiger partial charge on any atom is -0.276 e. The molecule has 1 aliphatic heterocycles. The smallest absolute Gasteiger partial charge is 0.261 e. The fourth-order valence-electron chi connectivity index (χ4n) is 4.91. The second-order valence-electron chi connectivity index (χ2n) is 8.92. The van der Waals surface area contributed by atoms with Crippen molar-refractivity contribution in [1.82, 2.24) is 4.90 Å². The van der Waals surface area contributed by atoms with Crippen molar-refractivity contribution in [2.24, 2.45) is 4.99 Å². The Hall–Kier alpha value is -4.31. The van der Waals surface area contributed by atoms with Crippen LogP contribution in [0.2, 0.25) is 0 Å². The van der Waals surface area contributed by atoms with Gasteiger partial charge in [0.1, 0.15) is 5.54 Å². The molecule has 4 aromatic carbocycles. The van der Waals surface area contributed by atoms with Gasteiger partial charge < -0.3 is 0 Å². The van der Waals surface area contributed by atoms with Gasteiger partial charge in [-0.1, -0.05) is 103 Å². The van der Waals surface area contributed by atoms with E-state index in [0.29, 0.717) is 17.7 Å². The largest absolute Gasteiger partial charge is 0.276 e. The van der Waals surface area contributed by atoms with E-state index < -0.39 is 5.54 Å². The Labute approximate surface area is 211 Å². The number of imide groups is 1. The Balaban J connectivity index is 1.34. The summed E-state index contributed by atoms with van der Waals surface area (Å²) in [4.78, 5) is 31.8. The number of fused-ring (bicyclic) bond motifs is 1. The van der Waals surface area contributed by atoms with E-state index in [1.807, 2.05) is 60.8 Å². The number of hydrogen-bond donors (Lipinski definition) is 0. The Kier molecular flexibility index (Phi) is 6.85. The van der Waals surface area contributed by atoms with Crippen LogP contribution in [0.5, 0.6) is 0 Å². The van der Waals surface area contributed by atoms with Crippen molar-refractivity contribution in [3.05, 3.63) is 143 Å². The monoisotopic (exact) mass is 472 g/mol. The summed E-state index contributed by atoms with van der Waals surface area (Å²) in [7, 11) is 0. The van der Waals surface area contributed by atoms with Crippen LogP contribution in [-0.4, -0.2) is 29.5 Å². The highest BCUT2D eigenvalue weighted by Gasteiger charge is 2.36. The Morgan fingerprint density at radius 1 is 0.583 bits per heavy atom. The standard InChI is InChI=1S/C32H28N2O2/c35-30-28-21-11-12-22-29(28)31(36)34(30)24-14-4-13-23-33-32(25-15-5-1-6-16-25,26-17-7-2-8-18-26)27-19-9-3-10-20-27/h1-3,5-12,15-23H,4,13-14,24H2. The van der Waals surface area contributed by atoms with Gasteiger partial charge >= 0.3 is 0 Å². The number of benzene rings is 4. The molecule has 4 nitrogen and oxygen atoms in total. The van der Waals surface area contributed by atoms with Gasteiger partial charge in [-0.25, -0.2) is 0 Å².